The second-order valence-electron chi connectivity index (χ2n) is 11.0. The van der Waals surface area contributed by atoms with E-state index in [0.29, 0.717) is 17.6 Å². The molecule has 2 saturated carbocycles. The van der Waals surface area contributed by atoms with Crippen molar-refractivity contribution in [3.63, 3.8) is 0 Å². The van der Waals surface area contributed by atoms with Crippen molar-refractivity contribution in [3.05, 3.63) is 54.0 Å². The highest BCUT2D eigenvalue weighted by atomic mass is 16.8. The maximum Gasteiger partial charge on any atom is 0.163 e. The van der Waals surface area contributed by atoms with Crippen molar-refractivity contribution < 1.29 is 9.47 Å². The maximum absolute atomic E-state index is 6.56. The summed E-state index contributed by atoms with van der Waals surface area (Å²) in [6.07, 6.45) is 6.79. The highest BCUT2D eigenvalue weighted by Crippen LogP contribution is 2.73. The molecule has 180 valence electrons. The van der Waals surface area contributed by atoms with Gasteiger partial charge in [0.25, 0.3) is 0 Å². The van der Waals surface area contributed by atoms with Gasteiger partial charge in [0.15, 0.2) is 5.79 Å². The molecule has 0 amide bonds. The highest BCUT2D eigenvalue weighted by molar-refractivity contribution is 5.86. The van der Waals surface area contributed by atoms with Crippen LogP contribution in [0.2, 0.25) is 0 Å². The van der Waals surface area contributed by atoms with Crippen LogP contribution in [-0.4, -0.2) is 37.5 Å². The lowest BCUT2D eigenvalue weighted by Crippen LogP contribution is -2.32. The fraction of sp³-hybridized carbons (Fsp3) is 0.444. The third-order valence-corrected chi connectivity index (χ3v) is 8.48. The van der Waals surface area contributed by atoms with Crippen molar-refractivity contribution in [2.75, 3.05) is 11.5 Å². The topological polar surface area (TPSA) is 114 Å². The van der Waals surface area contributed by atoms with Gasteiger partial charge in [-0.2, -0.15) is 0 Å². The van der Waals surface area contributed by atoms with Crippen molar-refractivity contribution in [2.45, 2.75) is 64.1 Å². The molecule has 3 aromatic heterocycles. The predicted molar refractivity (Wildman–Crippen MR) is 135 cm³/mol. The summed E-state index contributed by atoms with van der Waals surface area (Å²) in [5.74, 6) is 0.972. The Balaban J connectivity index is 1.21. The minimum Gasteiger partial charge on any atom is -0.383 e. The summed E-state index contributed by atoms with van der Waals surface area (Å²) in [4.78, 5) is 13.3. The molecular formula is C27H30N6O2. The Kier molecular flexibility index (Phi) is 4.17. The molecule has 1 unspecified atom stereocenters. The minimum atomic E-state index is -0.604. The maximum atomic E-state index is 6.56. The fourth-order valence-corrected chi connectivity index (χ4v) is 6.73. The van der Waals surface area contributed by atoms with Crippen LogP contribution in [0.5, 0.6) is 0 Å². The van der Waals surface area contributed by atoms with Crippen LogP contribution in [0, 0.1) is 18.3 Å². The van der Waals surface area contributed by atoms with Gasteiger partial charge in [0.2, 0.25) is 0 Å². The lowest BCUT2D eigenvalue weighted by molar-refractivity contribution is -0.161. The van der Waals surface area contributed by atoms with Gasteiger partial charge in [-0.15, -0.1) is 0 Å². The van der Waals surface area contributed by atoms with Crippen LogP contribution in [0.3, 0.4) is 0 Å². The van der Waals surface area contributed by atoms with Crippen LogP contribution in [0.25, 0.3) is 21.9 Å². The number of anilines is 2. The molecule has 0 radical (unpaired) electrons. The number of aryl methyl sites for hydroxylation is 2. The minimum absolute atomic E-state index is 0.0171. The Morgan fingerprint density at radius 3 is 2.80 bits per heavy atom. The molecule has 1 aromatic carbocycles. The van der Waals surface area contributed by atoms with Gasteiger partial charge in [0.1, 0.15) is 29.7 Å². The Morgan fingerprint density at radius 2 is 1.94 bits per heavy atom. The van der Waals surface area contributed by atoms with Gasteiger partial charge in [0.05, 0.1) is 23.0 Å². The van der Waals surface area contributed by atoms with Gasteiger partial charge in [-0.1, -0.05) is 12.1 Å². The monoisotopic (exact) mass is 470 g/mol. The van der Waals surface area contributed by atoms with E-state index in [1.807, 2.05) is 26.8 Å². The predicted octanol–water partition coefficient (Wildman–Crippen LogP) is 4.17. The average Bonchev–Trinajstić information content (AvgIpc) is 3.07. The van der Waals surface area contributed by atoms with E-state index in [1.54, 1.807) is 6.33 Å². The standard InChI is InChI=1S/C27H30N6O2/c1-14-10-16-5-4-15(11-19(16)32-23(14)28)6-8-27-12-18(27)20(21-22(27)35-26(2,3)34-21)33-9-7-17-24(29)30-13-31-25(17)33/h4-5,7,9-11,13,18,20-22H,6,8,12H2,1-3H3,(H2,28,32)(H2,29,30,31)/t18-,20-,21+,22+,27?/m1/s1. The Hall–Kier alpha value is -3.23. The van der Waals surface area contributed by atoms with Crippen molar-refractivity contribution in [1.29, 1.82) is 0 Å². The second kappa shape index (κ2) is 6.92. The summed E-state index contributed by atoms with van der Waals surface area (Å²) >= 11 is 0. The number of hydrogen-bond donors (Lipinski definition) is 2. The molecule has 1 aliphatic heterocycles. The van der Waals surface area contributed by atoms with Gasteiger partial charge in [-0.05, 0) is 75.3 Å². The van der Waals surface area contributed by atoms with Crippen LogP contribution in [0.4, 0.5) is 11.6 Å². The molecule has 0 bridgehead atoms. The summed E-state index contributed by atoms with van der Waals surface area (Å²) in [5.41, 5.74) is 16.4. The number of fused-ring (bicyclic) bond motifs is 5. The first-order valence-electron chi connectivity index (χ1n) is 12.3. The van der Waals surface area contributed by atoms with Crippen LogP contribution >= 0.6 is 0 Å². The molecule has 2 aliphatic carbocycles. The molecule has 8 nitrogen and oxygen atoms in total. The van der Waals surface area contributed by atoms with Gasteiger partial charge in [-0.25, -0.2) is 15.0 Å². The molecule has 7 rings (SSSR count). The van der Waals surface area contributed by atoms with E-state index in [1.165, 1.54) is 5.56 Å². The number of hydrogen-bond acceptors (Lipinski definition) is 7. The zero-order valence-electron chi connectivity index (χ0n) is 20.2. The van der Waals surface area contributed by atoms with E-state index in [-0.39, 0.29) is 23.7 Å². The molecule has 3 aliphatic rings. The summed E-state index contributed by atoms with van der Waals surface area (Å²) in [6, 6.07) is 10.8. The third-order valence-electron chi connectivity index (χ3n) is 8.48. The van der Waals surface area contributed by atoms with Crippen molar-refractivity contribution in [1.82, 2.24) is 19.5 Å². The quantitative estimate of drug-likeness (QED) is 0.460. The van der Waals surface area contributed by atoms with Gasteiger partial charge in [0, 0.05) is 17.0 Å². The van der Waals surface area contributed by atoms with Crippen LogP contribution < -0.4 is 11.5 Å². The number of rotatable bonds is 4. The van der Waals surface area contributed by atoms with Crippen LogP contribution in [-0.2, 0) is 15.9 Å². The summed E-state index contributed by atoms with van der Waals surface area (Å²) < 4.78 is 15.3. The van der Waals surface area contributed by atoms with E-state index < -0.39 is 5.79 Å². The number of nitrogens with two attached hydrogens (primary N) is 2. The summed E-state index contributed by atoms with van der Waals surface area (Å²) in [6.45, 7) is 6.03. The van der Waals surface area contributed by atoms with Crippen molar-refractivity contribution >= 4 is 33.6 Å². The Morgan fingerprint density at radius 1 is 1.09 bits per heavy atom. The molecule has 4 heterocycles. The lowest BCUT2D eigenvalue weighted by Gasteiger charge is -2.24. The first kappa shape index (κ1) is 21.1. The largest absolute Gasteiger partial charge is 0.383 e. The first-order valence-corrected chi connectivity index (χ1v) is 12.3. The lowest BCUT2D eigenvalue weighted by atomic mass is 9.91. The zero-order chi connectivity index (χ0) is 24.1. The van der Waals surface area contributed by atoms with Crippen LogP contribution in [0.15, 0.2) is 42.9 Å². The number of benzene rings is 1. The Bertz CT molecular complexity index is 1500. The fourth-order valence-electron chi connectivity index (χ4n) is 6.73. The molecule has 35 heavy (non-hydrogen) atoms. The molecule has 0 spiro atoms. The number of ether oxygens (including phenoxy) is 2. The number of aromatic nitrogens is 4. The molecule has 4 N–H and O–H groups in total. The van der Waals surface area contributed by atoms with Gasteiger partial charge >= 0.3 is 0 Å². The smallest absolute Gasteiger partial charge is 0.163 e. The van der Waals surface area contributed by atoms with Crippen LogP contribution in [0.1, 0.15) is 43.9 Å². The van der Waals surface area contributed by atoms with E-state index in [0.717, 1.165) is 46.8 Å². The number of nitrogen functional groups attached to an aromatic ring is 2. The van der Waals surface area contributed by atoms with E-state index in [9.17, 15) is 0 Å². The summed E-state index contributed by atoms with van der Waals surface area (Å²) in [7, 11) is 0. The van der Waals surface area contributed by atoms with Gasteiger partial charge < -0.3 is 25.5 Å². The molecule has 4 aromatic rings. The van der Waals surface area contributed by atoms with E-state index in [2.05, 4.69) is 50.0 Å². The van der Waals surface area contributed by atoms with Crippen molar-refractivity contribution in [3.8, 4) is 0 Å². The normalized spacial score (nSPS) is 30.6. The third kappa shape index (κ3) is 3.02. The molecule has 5 atom stereocenters. The number of pyridine rings is 1. The molecule has 1 saturated heterocycles. The van der Waals surface area contributed by atoms with Crippen molar-refractivity contribution in [2.24, 2.45) is 11.3 Å². The number of nitrogens with zero attached hydrogens (tertiary/aromatic N) is 4. The van der Waals surface area contributed by atoms with E-state index in [4.69, 9.17) is 20.9 Å². The highest BCUT2D eigenvalue weighted by Gasteiger charge is 2.75. The Labute approximate surface area is 203 Å². The average molecular weight is 471 g/mol. The zero-order valence-corrected chi connectivity index (χ0v) is 20.2. The first-order chi connectivity index (χ1) is 16.8. The molecule has 8 heteroatoms. The van der Waals surface area contributed by atoms with E-state index >= 15 is 0 Å². The second-order valence-corrected chi connectivity index (χ2v) is 11.0. The molecule has 3 fully saturated rings. The summed E-state index contributed by atoms with van der Waals surface area (Å²) in [5, 5.41) is 2.01. The van der Waals surface area contributed by atoms with Gasteiger partial charge in [-0.3, -0.25) is 0 Å². The SMILES string of the molecule is Cc1cc2ccc(CCC34C[C@@H]3[C@@H](n3ccc5c(N)ncnc53)[C@@H]3OC(C)(C)O[C@@H]34)cc2nc1N. The molecular weight excluding hydrogens is 440 g/mol.